The van der Waals surface area contributed by atoms with E-state index in [1.807, 2.05) is 31.3 Å². The fourth-order valence-corrected chi connectivity index (χ4v) is 3.24. The molecule has 1 amide bonds. The van der Waals surface area contributed by atoms with E-state index in [0.717, 1.165) is 0 Å². The summed E-state index contributed by atoms with van der Waals surface area (Å²) >= 11 is 0. The van der Waals surface area contributed by atoms with E-state index >= 15 is 0 Å². The molecule has 1 atom stereocenters. The van der Waals surface area contributed by atoms with Gasteiger partial charge in [0.05, 0.1) is 12.6 Å². The maximum absolute atomic E-state index is 12.7. The van der Waals surface area contributed by atoms with Crippen LogP contribution in [-0.4, -0.2) is 30.6 Å². The number of amides is 1. The van der Waals surface area contributed by atoms with Crippen molar-refractivity contribution in [1.29, 1.82) is 0 Å². The van der Waals surface area contributed by atoms with Crippen LogP contribution in [0.1, 0.15) is 24.1 Å². The number of benzene rings is 2. The maximum atomic E-state index is 12.7. The lowest BCUT2D eigenvalue weighted by atomic mass is 10.0. The summed E-state index contributed by atoms with van der Waals surface area (Å²) in [4.78, 5) is 14.5. The molecule has 1 aliphatic rings. The summed E-state index contributed by atoms with van der Waals surface area (Å²) in [6.07, 6.45) is 1.17. The van der Waals surface area contributed by atoms with Gasteiger partial charge in [0.15, 0.2) is 0 Å². The van der Waals surface area contributed by atoms with E-state index in [4.69, 9.17) is 4.74 Å². The molecule has 3 heteroatoms. The molecule has 118 valence electrons. The third-order valence-corrected chi connectivity index (χ3v) is 4.35. The van der Waals surface area contributed by atoms with E-state index in [1.165, 1.54) is 22.3 Å². The van der Waals surface area contributed by atoms with Crippen LogP contribution in [0, 0.1) is 0 Å². The number of ether oxygens (including phenoxy) is 1. The molecule has 0 heterocycles. The minimum Gasteiger partial charge on any atom is -0.365 e. The molecule has 0 spiro atoms. The van der Waals surface area contributed by atoms with E-state index in [2.05, 4.69) is 30.8 Å². The molecule has 3 nitrogen and oxygen atoms in total. The molecule has 0 radical (unpaired) electrons. The molecule has 0 fully saturated rings. The quantitative estimate of drug-likeness (QED) is 0.786. The highest BCUT2D eigenvalue weighted by Gasteiger charge is 2.34. The highest BCUT2D eigenvalue weighted by atomic mass is 16.5. The van der Waals surface area contributed by atoms with Crippen molar-refractivity contribution >= 4 is 5.91 Å². The Labute approximate surface area is 137 Å². The second kappa shape index (κ2) is 6.39. The van der Waals surface area contributed by atoms with Crippen molar-refractivity contribution in [2.24, 2.45) is 0 Å². The van der Waals surface area contributed by atoms with Gasteiger partial charge in [0.2, 0.25) is 0 Å². The fourth-order valence-electron chi connectivity index (χ4n) is 3.24. The Morgan fingerprint density at radius 3 is 2.22 bits per heavy atom. The monoisotopic (exact) mass is 307 g/mol. The second-order valence-electron chi connectivity index (χ2n) is 5.79. The molecule has 0 aliphatic heterocycles. The molecule has 2 aromatic carbocycles. The zero-order valence-electron chi connectivity index (χ0n) is 13.5. The van der Waals surface area contributed by atoms with Crippen molar-refractivity contribution in [3.63, 3.8) is 0 Å². The Bertz CT molecular complexity index is 692. The maximum Gasteiger partial charge on any atom is 0.251 e. The molecular formula is C20H21NO2. The molecule has 0 saturated carbocycles. The normalized spacial score (nSPS) is 14.0. The Hall–Kier alpha value is -2.39. The number of hydrogen-bond acceptors (Lipinski definition) is 2. The smallest absolute Gasteiger partial charge is 0.251 e. The number of rotatable bonds is 5. The number of likely N-dealkylation sites (N-methyl/N-ethyl adjacent to an activating group) is 1. The Kier molecular flexibility index (Phi) is 4.30. The van der Waals surface area contributed by atoms with E-state index in [9.17, 15) is 4.79 Å². The highest BCUT2D eigenvalue weighted by Crippen LogP contribution is 2.45. The van der Waals surface area contributed by atoms with Crippen LogP contribution in [-0.2, 0) is 9.53 Å². The molecule has 1 unspecified atom stereocenters. The third kappa shape index (κ3) is 2.68. The number of hydrogen-bond donors (Lipinski definition) is 0. The molecule has 1 aliphatic carbocycles. The molecule has 0 bridgehead atoms. The summed E-state index contributed by atoms with van der Waals surface area (Å²) in [7, 11) is 1.85. The van der Waals surface area contributed by atoms with E-state index < -0.39 is 6.10 Å². The minimum atomic E-state index is -0.488. The van der Waals surface area contributed by atoms with Gasteiger partial charge < -0.3 is 9.64 Å². The van der Waals surface area contributed by atoms with Gasteiger partial charge in [0, 0.05) is 7.05 Å². The van der Waals surface area contributed by atoms with Crippen LogP contribution in [0.15, 0.2) is 61.2 Å². The van der Waals surface area contributed by atoms with Crippen LogP contribution in [0.5, 0.6) is 0 Å². The summed E-state index contributed by atoms with van der Waals surface area (Å²) in [6.45, 7) is 5.78. The van der Waals surface area contributed by atoms with E-state index in [1.54, 1.807) is 17.9 Å². The van der Waals surface area contributed by atoms with Gasteiger partial charge in [-0.25, -0.2) is 0 Å². The van der Waals surface area contributed by atoms with Gasteiger partial charge in [-0.15, -0.1) is 6.58 Å². The zero-order chi connectivity index (χ0) is 16.4. The van der Waals surface area contributed by atoms with E-state index in [-0.39, 0.29) is 11.9 Å². The zero-order valence-corrected chi connectivity index (χ0v) is 13.5. The van der Waals surface area contributed by atoms with Gasteiger partial charge in [-0.05, 0) is 29.2 Å². The number of carbonyl (C=O) groups excluding carboxylic acids is 1. The Morgan fingerprint density at radius 2 is 1.70 bits per heavy atom. The van der Waals surface area contributed by atoms with Crippen molar-refractivity contribution in [2.45, 2.75) is 19.1 Å². The van der Waals surface area contributed by atoms with E-state index in [0.29, 0.717) is 6.61 Å². The first-order valence-electron chi connectivity index (χ1n) is 7.82. The molecule has 0 aromatic heterocycles. The van der Waals surface area contributed by atoms with Crippen LogP contribution >= 0.6 is 0 Å². The molecule has 0 saturated heterocycles. The Balaban J connectivity index is 1.96. The first-order chi connectivity index (χ1) is 11.1. The Morgan fingerprint density at radius 1 is 1.17 bits per heavy atom. The van der Waals surface area contributed by atoms with Gasteiger partial charge in [0.1, 0.15) is 6.10 Å². The molecule has 0 N–H and O–H groups in total. The summed E-state index contributed by atoms with van der Waals surface area (Å²) in [5, 5.41) is 0. The average Bonchev–Trinajstić information content (AvgIpc) is 2.93. The summed E-state index contributed by atoms with van der Waals surface area (Å²) < 4.78 is 5.50. The molecule has 23 heavy (non-hydrogen) atoms. The van der Waals surface area contributed by atoms with Crippen LogP contribution in [0.4, 0.5) is 0 Å². The number of carbonyl (C=O) groups is 1. The van der Waals surface area contributed by atoms with Crippen molar-refractivity contribution in [3.05, 3.63) is 72.3 Å². The third-order valence-electron chi connectivity index (χ3n) is 4.35. The first-order valence-corrected chi connectivity index (χ1v) is 7.82. The van der Waals surface area contributed by atoms with Crippen molar-refractivity contribution < 1.29 is 9.53 Å². The van der Waals surface area contributed by atoms with Crippen LogP contribution in [0.2, 0.25) is 0 Å². The topological polar surface area (TPSA) is 29.5 Å². The lowest BCUT2D eigenvalue weighted by Gasteiger charge is -2.29. The predicted octanol–water partition coefficient (Wildman–Crippen LogP) is 3.81. The first kappa shape index (κ1) is 15.5. The van der Waals surface area contributed by atoms with Crippen LogP contribution < -0.4 is 0 Å². The van der Waals surface area contributed by atoms with Gasteiger partial charge >= 0.3 is 0 Å². The molecule has 3 rings (SSSR count). The highest BCUT2D eigenvalue weighted by molar-refractivity contribution is 5.85. The average molecular weight is 307 g/mol. The van der Waals surface area contributed by atoms with Gasteiger partial charge in [0.25, 0.3) is 5.91 Å². The van der Waals surface area contributed by atoms with Gasteiger partial charge in [-0.3, -0.25) is 4.79 Å². The molecular weight excluding hydrogens is 286 g/mol. The number of fused-ring (bicyclic) bond motifs is 3. The van der Waals surface area contributed by atoms with Crippen LogP contribution in [0.25, 0.3) is 11.1 Å². The van der Waals surface area contributed by atoms with Crippen molar-refractivity contribution in [1.82, 2.24) is 4.90 Å². The lowest BCUT2D eigenvalue weighted by Crippen LogP contribution is -2.38. The SMILES string of the molecule is C=CCOC(C)C(=O)N(C)C1c2ccccc2-c2ccccc21. The van der Waals surface area contributed by atoms with Crippen molar-refractivity contribution in [2.75, 3.05) is 13.7 Å². The summed E-state index contributed by atoms with van der Waals surface area (Å²) in [5.74, 6) is -0.0247. The molecule has 2 aromatic rings. The summed E-state index contributed by atoms with van der Waals surface area (Å²) in [5.41, 5.74) is 4.74. The van der Waals surface area contributed by atoms with Gasteiger partial charge in [-0.2, -0.15) is 0 Å². The standard InChI is InChI=1S/C20H21NO2/c1-4-13-23-14(2)20(22)21(3)19-17-11-7-5-9-15(17)16-10-6-8-12-18(16)19/h4-12,14,19H,1,13H2,2-3H3. The second-order valence-corrected chi connectivity index (χ2v) is 5.79. The fraction of sp³-hybridized carbons (Fsp3) is 0.250. The van der Waals surface area contributed by atoms with Crippen LogP contribution in [0.3, 0.4) is 0 Å². The van der Waals surface area contributed by atoms with Crippen molar-refractivity contribution in [3.8, 4) is 11.1 Å². The largest absolute Gasteiger partial charge is 0.365 e. The minimum absolute atomic E-state index is 0.0247. The summed E-state index contributed by atoms with van der Waals surface area (Å²) in [6, 6.07) is 16.5. The predicted molar refractivity (Wildman–Crippen MR) is 92.1 cm³/mol. The number of nitrogens with zero attached hydrogens (tertiary/aromatic N) is 1. The lowest BCUT2D eigenvalue weighted by molar-refractivity contribution is -0.142. The van der Waals surface area contributed by atoms with Gasteiger partial charge in [-0.1, -0.05) is 54.6 Å².